The Labute approximate surface area is 112 Å². The molecule has 0 atom stereocenters. The van der Waals surface area contributed by atoms with Crippen LogP contribution < -0.4 is 11.2 Å². The highest BCUT2D eigenvalue weighted by Crippen LogP contribution is 2.11. The van der Waals surface area contributed by atoms with Gasteiger partial charge >= 0.3 is 5.69 Å². The Bertz CT molecular complexity index is 710. The first-order valence-corrected chi connectivity index (χ1v) is 6.84. The molecule has 0 fully saturated rings. The number of aromatic nitrogens is 2. The Balaban J connectivity index is 2.90. The van der Waals surface area contributed by atoms with Gasteiger partial charge in [-0.05, 0) is 31.9 Å². The first-order chi connectivity index (χ1) is 9.10. The summed E-state index contributed by atoms with van der Waals surface area (Å²) in [6.45, 7) is 7.07. The van der Waals surface area contributed by atoms with E-state index in [1.54, 1.807) is 4.57 Å². The van der Waals surface area contributed by atoms with E-state index in [-0.39, 0.29) is 11.2 Å². The highest BCUT2D eigenvalue weighted by atomic mass is 16.2. The van der Waals surface area contributed by atoms with Crippen molar-refractivity contribution < 1.29 is 0 Å². The summed E-state index contributed by atoms with van der Waals surface area (Å²) in [6.07, 6.45) is 1.64. The molecule has 1 aromatic carbocycles. The summed E-state index contributed by atoms with van der Waals surface area (Å²) >= 11 is 0. The molecule has 0 saturated heterocycles. The lowest BCUT2D eigenvalue weighted by Gasteiger charge is -2.13. The molecule has 0 N–H and O–H groups in total. The zero-order chi connectivity index (χ0) is 14.0. The fraction of sp³-hybridized carbons (Fsp3) is 0.467. The van der Waals surface area contributed by atoms with E-state index in [0.717, 1.165) is 23.9 Å². The normalized spacial score (nSPS) is 11.1. The van der Waals surface area contributed by atoms with E-state index in [2.05, 4.69) is 0 Å². The summed E-state index contributed by atoms with van der Waals surface area (Å²) < 4.78 is 3.07. The predicted molar refractivity (Wildman–Crippen MR) is 77.8 cm³/mol. The molecule has 4 nitrogen and oxygen atoms in total. The third kappa shape index (κ3) is 2.35. The second kappa shape index (κ2) is 5.43. The average Bonchev–Trinajstić information content (AvgIpc) is 2.40. The molecule has 0 saturated carbocycles. The first kappa shape index (κ1) is 13.6. The van der Waals surface area contributed by atoms with Gasteiger partial charge < -0.3 is 0 Å². The van der Waals surface area contributed by atoms with Crippen molar-refractivity contribution in [2.75, 3.05) is 0 Å². The van der Waals surface area contributed by atoms with Crippen molar-refractivity contribution in [3.63, 3.8) is 0 Å². The van der Waals surface area contributed by atoms with Crippen molar-refractivity contribution in [3.05, 3.63) is 44.6 Å². The van der Waals surface area contributed by atoms with Gasteiger partial charge in [0, 0.05) is 13.1 Å². The Kier molecular flexibility index (Phi) is 3.88. The van der Waals surface area contributed by atoms with Crippen molar-refractivity contribution in [2.24, 2.45) is 0 Å². The van der Waals surface area contributed by atoms with E-state index >= 15 is 0 Å². The zero-order valence-corrected chi connectivity index (χ0v) is 11.8. The van der Waals surface area contributed by atoms with Crippen LogP contribution in [-0.4, -0.2) is 9.13 Å². The molecule has 0 unspecified atom stereocenters. The van der Waals surface area contributed by atoms with E-state index in [9.17, 15) is 9.59 Å². The monoisotopic (exact) mass is 260 g/mol. The number of nitrogens with zero attached hydrogens (tertiary/aromatic N) is 2. The fourth-order valence-corrected chi connectivity index (χ4v) is 2.40. The highest BCUT2D eigenvalue weighted by molar-refractivity contribution is 5.78. The predicted octanol–water partition coefficient (Wildman–Crippen LogP) is 2.29. The fourth-order valence-electron chi connectivity index (χ4n) is 2.40. The van der Waals surface area contributed by atoms with Gasteiger partial charge in [-0.25, -0.2) is 4.79 Å². The number of hydrogen-bond acceptors (Lipinski definition) is 2. The van der Waals surface area contributed by atoms with E-state index in [4.69, 9.17) is 0 Å². The maximum Gasteiger partial charge on any atom is 0.331 e. The Morgan fingerprint density at radius 3 is 2.26 bits per heavy atom. The van der Waals surface area contributed by atoms with Gasteiger partial charge in [0.15, 0.2) is 0 Å². The summed E-state index contributed by atoms with van der Waals surface area (Å²) in [6, 6.07) is 5.69. The van der Waals surface area contributed by atoms with Crippen LogP contribution in [0.2, 0.25) is 0 Å². The molecule has 19 heavy (non-hydrogen) atoms. The van der Waals surface area contributed by atoms with E-state index in [0.29, 0.717) is 18.5 Å². The summed E-state index contributed by atoms with van der Waals surface area (Å²) in [5.74, 6) is 0. The summed E-state index contributed by atoms with van der Waals surface area (Å²) in [5.41, 5.74) is 1.42. The number of aryl methyl sites for hydroxylation is 2. The Hall–Kier alpha value is -1.84. The van der Waals surface area contributed by atoms with Gasteiger partial charge in [-0.2, -0.15) is 0 Å². The molecule has 1 heterocycles. The van der Waals surface area contributed by atoms with Crippen LogP contribution in [0, 0.1) is 6.92 Å². The lowest BCUT2D eigenvalue weighted by molar-refractivity contribution is 0.558. The number of benzene rings is 1. The molecule has 0 amide bonds. The van der Waals surface area contributed by atoms with Crippen molar-refractivity contribution in [1.82, 2.24) is 9.13 Å². The molecule has 0 aliphatic heterocycles. The molecular formula is C15H20N2O2. The van der Waals surface area contributed by atoms with Gasteiger partial charge in [-0.3, -0.25) is 13.9 Å². The van der Waals surface area contributed by atoms with Gasteiger partial charge in [0.05, 0.1) is 10.9 Å². The maximum absolute atomic E-state index is 12.4. The summed E-state index contributed by atoms with van der Waals surface area (Å²) in [4.78, 5) is 24.8. The van der Waals surface area contributed by atoms with Gasteiger partial charge in [-0.15, -0.1) is 0 Å². The SMILES string of the molecule is CCCn1c(=O)c2cc(C)ccc2n(CCC)c1=O. The topological polar surface area (TPSA) is 44.0 Å². The standard InChI is InChI=1S/C15H20N2O2/c1-4-8-16-13-7-6-11(3)10-12(13)14(18)17(9-5-2)15(16)19/h6-7,10H,4-5,8-9H2,1-3H3. The van der Waals surface area contributed by atoms with Crippen LogP contribution in [0.3, 0.4) is 0 Å². The highest BCUT2D eigenvalue weighted by Gasteiger charge is 2.11. The average molecular weight is 260 g/mol. The number of fused-ring (bicyclic) bond motifs is 1. The largest absolute Gasteiger partial charge is 0.331 e. The zero-order valence-electron chi connectivity index (χ0n) is 11.8. The van der Waals surface area contributed by atoms with Crippen molar-refractivity contribution in [2.45, 2.75) is 46.7 Å². The van der Waals surface area contributed by atoms with Gasteiger partial charge in [0.2, 0.25) is 0 Å². The van der Waals surface area contributed by atoms with Crippen molar-refractivity contribution >= 4 is 10.9 Å². The Morgan fingerprint density at radius 2 is 1.63 bits per heavy atom. The van der Waals surface area contributed by atoms with Gasteiger partial charge in [0.1, 0.15) is 0 Å². The van der Waals surface area contributed by atoms with Crippen LogP contribution in [0.15, 0.2) is 27.8 Å². The molecule has 102 valence electrons. The molecular weight excluding hydrogens is 240 g/mol. The second-order valence-electron chi connectivity index (χ2n) is 4.91. The van der Waals surface area contributed by atoms with Crippen molar-refractivity contribution in [1.29, 1.82) is 0 Å². The minimum atomic E-state index is -0.190. The van der Waals surface area contributed by atoms with Crippen LogP contribution >= 0.6 is 0 Å². The van der Waals surface area contributed by atoms with E-state index in [1.165, 1.54) is 4.57 Å². The molecule has 0 bridgehead atoms. The van der Waals surface area contributed by atoms with Gasteiger partial charge in [-0.1, -0.05) is 25.5 Å². The third-order valence-corrected chi connectivity index (χ3v) is 3.27. The lowest BCUT2D eigenvalue weighted by atomic mass is 10.1. The molecule has 2 rings (SSSR count). The molecule has 4 heteroatoms. The quantitative estimate of drug-likeness (QED) is 0.846. The maximum atomic E-state index is 12.4. The molecule has 0 radical (unpaired) electrons. The van der Waals surface area contributed by atoms with Gasteiger partial charge in [0.25, 0.3) is 5.56 Å². The molecule has 2 aromatic rings. The van der Waals surface area contributed by atoms with Crippen LogP contribution in [0.1, 0.15) is 32.3 Å². The molecule has 0 aliphatic rings. The lowest BCUT2D eigenvalue weighted by Crippen LogP contribution is -2.40. The summed E-state index contributed by atoms with van der Waals surface area (Å²) in [7, 11) is 0. The molecule has 0 spiro atoms. The summed E-state index contributed by atoms with van der Waals surface area (Å²) in [5, 5.41) is 0.640. The van der Waals surface area contributed by atoms with Crippen LogP contribution in [0.5, 0.6) is 0 Å². The Morgan fingerprint density at radius 1 is 1.00 bits per heavy atom. The molecule has 0 aliphatic carbocycles. The molecule has 1 aromatic heterocycles. The van der Waals surface area contributed by atoms with E-state index < -0.39 is 0 Å². The van der Waals surface area contributed by atoms with Crippen LogP contribution in [0.25, 0.3) is 10.9 Å². The second-order valence-corrected chi connectivity index (χ2v) is 4.91. The van der Waals surface area contributed by atoms with Crippen LogP contribution in [-0.2, 0) is 13.1 Å². The smallest absolute Gasteiger partial charge is 0.293 e. The minimum Gasteiger partial charge on any atom is -0.293 e. The number of rotatable bonds is 4. The van der Waals surface area contributed by atoms with E-state index in [1.807, 2.05) is 39.0 Å². The third-order valence-electron chi connectivity index (χ3n) is 3.27. The van der Waals surface area contributed by atoms with Crippen LogP contribution in [0.4, 0.5) is 0 Å². The minimum absolute atomic E-state index is 0.169. The first-order valence-electron chi connectivity index (χ1n) is 6.84. The van der Waals surface area contributed by atoms with Crippen molar-refractivity contribution in [3.8, 4) is 0 Å². The number of hydrogen-bond donors (Lipinski definition) is 0.